The van der Waals surface area contributed by atoms with Crippen molar-refractivity contribution in [2.45, 2.75) is 6.18 Å². The number of amidine groups is 1. The Labute approximate surface area is 231 Å². The number of anilines is 2. The predicted octanol–water partition coefficient (Wildman–Crippen LogP) is 5.96. The monoisotopic (exact) mass is 593 g/mol. The number of hydrogen-bond acceptors (Lipinski definition) is 6. The molecule has 40 heavy (non-hydrogen) atoms. The van der Waals surface area contributed by atoms with Crippen LogP contribution in [0.3, 0.4) is 0 Å². The van der Waals surface area contributed by atoms with Crippen LogP contribution in [-0.2, 0) is 16.2 Å². The number of nitrogens with one attached hydrogen (secondary N) is 2. The molecular weight excluding hydrogens is 575 g/mol. The molecule has 4 aromatic rings. The van der Waals surface area contributed by atoms with Crippen LogP contribution in [0.5, 0.6) is 11.5 Å². The summed E-state index contributed by atoms with van der Waals surface area (Å²) in [7, 11) is -3.86. The zero-order valence-electron chi connectivity index (χ0n) is 20.4. The van der Waals surface area contributed by atoms with Crippen molar-refractivity contribution >= 4 is 45.1 Å². The minimum atomic E-state index is -4.91. The Morgan fingerprint density at radius 1 is 0.950 bits per heavy atom. The minimum absolute atomic E-state index is 0.0510. The Morgan fingerprint density at radius 3 is 2.23 bits per heavy atom. The van der Waals surface area contributed by atoms with Gasteiger partial charge in [0.25, 0.3) is 10.0 Å². The number of carbonyl (C=O) groups is 1. The molecule has 0 saturated carbocycles. The van der Waals surface area contributed by atoms with Crippen LogP contribution in [0, 0.1) is 0 Å². The highest BCUT2D eigenvalue weighted by molar-refractivity contribution is 7.89. The van der Waals surface area contributed by atoms with Crippen LogP contribution in [-0.4, -0.2) is 36.6 Å². The highest BCUT2D eigenvalue weighted by Gasteiger charge is 2.40. The molecule has 3 aromatic carbocycles. The Kier molecular flexibility index (Phi) is 8.30. The van der Waals surface area contributed by atoms with Gasteiger partial charge in [0.05, 0.1) is 18.1 Å². The quantitative estimate of drug-likeness (QED) is 0.209. The van der Waals surface area contributed by atoms with Crippen molar-refractivity contribution in [3.8, 4) is 17.2 Å². The summed E-state index contributed by atoms with van der Waals surface area (Å²) in [6.07, 6.45) is -4.50. The van der Waals surface area contributed by atoms with Gasteiger partial charge in [-0.05, 0) is 54.6 Å². The number of sulfonamides is 1. The maximum atomic E-state index is 13.9. The Hall–Kier alpha value is -4.56. The first-order chi connectivity index (χ1) is 18.9. The topological polar surface area (TPSA) is 124 Å². The van der Waals surface area contributed by atoms with Gasteiger partial charge in [0.1, 0.15) is 5.75 Å². The van der Waals surface area contributed by atoms with E-state index in [4.69, 9.17) is 21.1 Å². The zero-order valence-corrected chi connectivity index (χ0v) is 22.0. The fraction of sp³-hybridized carbons (Fsp3) is 0.0800. The van der Waals surface area contributed by atoms with E-state index >= 15 is 0 Å². The molecule has 4 rings (SSSR count). The molecule has 2 N–H and O–H groups in total. The Morgan fingerprint density at radius 2 is 1.60 bits per heavy atom. The van der Waals surface area contributed by atoms with E-state index in [1.165, 1.54) is 48.5 Å². The van der Waals surface area contributed by atoms with Crippen molar-refractivity contribution in [2.24, 2.45) is 4.40 Å². The van der Waals surface area contributed by atoms with E-state index in [-0.39, 0.29) is 23.1 Å². The number of carbonyl (C=O) groups excluding carboxylic acids is 1. The molecule has 0 atom stereocenters. The van der Waals surface area contributed by atoms with E-state index in [9.17, 15) is 26.4 Å². The predicted molar refractivity (Wildman–Crippen MR) is 143 cm³/mol. The average molecular weight is 594 g/mol. The van der Waals surface area contributed by atoms with Gasteiger partial charge in [-0.3, -0.25) is 5.32 Å². The molecule has 0 radical (unpaired) electrons. The number of amides is 1. The number of nitrogens with zero attached hydrogens (tertiary/aromatic N) is 3. The van der Waals surface area contributed by atoms with Crippen molar-refractivity contribution < 1.29 is 35.9 Å². The fourth-order valence-electron chi connectivity index (χ4n) is 3.31. The first-order valence-electron chi connectivity index (χ1n) is 11.2. The molecule has 15 heteroatoms. The third-order valence-corrected chi connectivity index (χ3v) is 5.59. The number of para-hydroxylation sites is 1. The van der Waals surface area contributed by atoms with Crippen LogP contribution in [0.4, 0.5) is 29.3 Å². The lowest BCUT2D eigenvalue weighted by Crippen LogP contribution is -2.22. The molecular formula is C25H19ClF3N5O5S. The van der Waals surface area contributed by atoms with Gasteiger partial charge < -0.3 is 14.8 Å². The lowest BCUT2D eigenvalue weighted by molar-refractivity contribution is -0.143. The first-order valence-corrected chi connectivity index (χ1v) is 13.4. The molecule has 1 amide bonds. The first kappa shape index (κ1) is 28.4. The molecule has 0 spiro atoms. The van der Waals surface area contributed by atoms with Gasteiger partial charge in [-0.15, -0.1) is 4.40 Å². The van der Waals surface area contributed by atoms with Gasteiger partial charge in [0, 0.05) is 16.4 Å². The smallest absolute Gasteiger partial charge is 0.425 e. The van der Waals surface area contributed by atoms with Crippen molar-refractivity contribution in [3.05, 3.63) is 95.8 Å². The standard InChI is InChI=1S/C25H19ClF3N5O5S/c1-40(36,37)33-23(38-20-8-3-2-4-9-20)31-17-6-5-7-18(14-17)32-24(35)39-21-15-30-34(22(21)25(27,28)29)19-12-10-16(26)11-13-19/h2-15H,1H3,(H,31,33)(H,32,35). The third-order valence-electron chi connectivity index (χ3n) is 4.84. The lowest BCUT2D eigenvalue weighted by Gasteiger charge is -2.13. The van der Waals surface area contributed by atoms with E-state index in [1.807, 2.05) is 0 Å². The number of halogens is 4. The molecule has 0 unspecified atom stereocenters. The molecule has 10 nitrogen and oxygen atoms in total. The average Bonchev–Trinajstić information content (AvgIpc) is 3.28. The minimum Gasteiger partial charge on any atom is -0.425 e. The molecule has 0 fully saturated rings. The van der Waals surface area contributed by atoms with Crippen LogP contribution >= 0.6 is 11.6 Å². The summed E-state index contributed by atoms with van der Waals surface area (Å²) in [6, 6.07) is 19.1. The van der Waals surface area contributed by atoms with Crippen molar-refractivity contribution in [1.29, 1.82) is 0 Å². The van der Waals surface area contributed by atoms with Gasteiger partial charge in [-0.2, -0.15) is 18.3 Å². The summed E-state index contributed by atoms with van der Waals surface area (Å²) in [5.41, 5.74) is -0.912. The van der Waals surface area contributed by atoms with Gasteiger partial charge in [-0.1, -0.05) is 35.9 Å². The molecule has 1 heterocycles. The molecule has 0 aliphatic carbocycles. The van der Waals surface area contributed by atoms with Crippen LogP contribution in [0.1, 0.15) is 5.69 Å². The second-order valence-corrected chi connectivity index (χ2v) is 10.1. The molecule has 208 valence electrons. The van der Waals surface area contributed by atoms with Gasteiger partial charge >= 0.3 is 18.3 Å². The number of alkyl halides is 3. The summed E-state index contributed by atoms with van der Waals surface area (Å²) in [6.45, 7) is 0. The largest absolute Gasteiger partial charge is 0.437 e. The lowest BCUT2D eigenvalue weighted by atomic mass is 10.3. The van der Waals surface area contributed by atoms with Crippen molar-refractivity contribution in [1.82, 2.24) is 9.78 Å². The molecule has 0 saturated heterocycles. The highest BCUT2D eigenvalue weighted by atomic mass is 35.5. The number of ether oxygens (including phenoxy) is 2. The third kappa shape index (κ3) is 7.74. The van der Waals surface area contributed by atoms with Crippen molar-refractivity contribution in [2.75, 3.05) is 16.9 Å². The summed E-state index contributed by atoms with van der Waals surface area (Å²) in [4.78, 5) is 12.5. The summed E-state index contributed by atoms with van der Waals surface area (Å²) in [5.74, 6) is -0.525. The van der Waals surface area contributed by atoms with E-state index in [0.717, 1.165) is 12.5 Å². The molecule has 0 bridgehead atoms. The Balaban J connectivity index is 1.52. The van der Waals surface area contributed by atoms with E-state index in [0.29, 0.717) is 15.5 Å². The fourth-order valence-corrected chi connectivity index (χ4v) is 3.82. The van der Waals surface area contributed by atoms with E-state index in [2.05, 4.69) is 20.1 Å². The molecule has 1 aromatic heterocycles. The number of benzene rings is 3. The van der Waals surface area contributed by atoms with Gasteiger partial charge in [0.2, 0.25) is 0 Å². The van der Waals surface area contributed by atoms with Crippen LogP contribution < -0.4 is 20.1 Å². The van der Waals surface area contributed by atoms with Gasteiger partial charge in [0.15, 0.2) is 11.4 Å². The molecule has 0 aliphatic rings. The molecule has 0 aliphatic heterocycles. The number of aromatic nitrogens is 2. The highest BCUT2D eigenvalue weighted by Crippen LogP contribution is 2.38. The zero-order chi connectivity index (χ0) is 28.9. The number of hydrogen-bond donors (Lipinski definition) is 2. The summed E-state index contributed by atoms with van der Waals surface area (Å²) in [5, 5.41) is 9.04. The second-order valence-electron chi connectivity index (χ2n) is 8.01. The van der Waals surface area contributed by atoms with Crippen molar-refractivity contribution in [3.63, 3.8) is 0 Å². The maximum Gasteiger partial charge on any atom is 0.437 e. The number of rotatable bonds is 6. The van der Waals surface area contributed by atoms with Crippen LogP contribution in [0.15, 0.2) is 89.5 Å². The SMILES string of the molecule is CS(=O)(=O)N=C(Nc1cccc(NC(=O)Oc2cnn(-c3ccc(Cl)cc3)c2C(F)(F)F)c1)Oc1ccccc1. The second kappa shape index (κ2) is 11.7. The van der Waals surface area contributed by atoms with Gasteiger partial charge in [-0.25, -0.2) is 17.9 Å². The van der Waals surface area contributed by atoms with Crippen LogP contribution in [0.2, 0.25) is 5.02 Å². The van der Waals surface area contributed by atoms with E-state index in [1.54, 1.807) is 30.3 Å². The van der Waals surface area contributed by atoms with E-state index < -0.39 is 33.7 Å². The summed E-state index contributed by atoms with van der Waals surface area (Å²) < 4.78 is 79.6. The Bertz CT molecular complexity index is 1640. The maximum absolute atomic E-state index is 13.9. The summed E-state index contributed by atoms with van der Waals surface area (Å²) >= 11 is 5.81. The van der Waals surface area contributed by atoms with Crippen LogP contribution in [0.25, 0.3) is 5.69 Å². The normalized spacial score (nSPS) is 12.1.